The molecule has 2 rings (SSSR count). The molecule has 1 atom stereocenters. The number of halogens is 1. The molecule has 0 aromatic heterocycles. The van der Waals surface area contributed by atoms with Crippen molar-refractivity contribution in [2.24, 2.45) is 0 Å². The Morgan fingerprint density at radius 1 is 1.39 bits per heavy atom. The van der Waals surface area contributed by atoms with Crippen LogP contribution in [-0.4, -0.2) is 37.1 Å². The Bertz CT molecular complexity index is 518. The lowest BCUT2D eigenvalue weighted by Crippen LogP contribution is -2.51. The molecule has 1 aromatic carbocycles. The number of carbonyl (C=O) groups excluding carboxylic acids is 1. The van der Waals surface area contributed by atoms with Crippen LogP contribution in [0.4, 0.5) is 11.4 Å². The highest BCUT2D eigenvalue weighted by Gasteiger charge is 2.35. The predicted molar refractivity (Wildman–Crippen MR) is 69.3 cm³/mol. The van der Waals surface area contributed by atoms with Crippen molar-refractivity contribution in [1.29, 1.82) is 0 Å². The number of carboxylic acid groups (broad SMARTS) is 1. The monoisotopic (exact) mass is 268 g/mol. The number of likely N-dealkylation sites (N-methyl/N-ethyl adjacent to an activating group) is 2. The molecule has 96 valence electrons. The second kappa shape index (κ2) is 4.49. The van der Waals surface area contributed by atoms with Gasteiger partial charge in [-0.1, -0.05) is 11.6 Å². The maximum Gasteiger partial charge on any atom is 0.305 e. The van der Waals surface area contributed by atoms with Gasteiger partial charge in [0, 0.05) is 19.1 Å². The molecule has 0 aliphatic carbocycles. The van der Waals surface area contributed by atoms with E-state index < -0.39 is 12.0 Å². The number of carbonyl (C=O) groups is 2. The standard InChI is InChI=1S/C12H13ClN2O3/c1-14-9-5-7(13)3-4-8(9)15(2)12(18)10(14)6-11(16)17/h3-5,10H,6H2,1-2H3,(H,16,17). The average molecular weight is 269 g/mol. The van der Waals surface area contributed by atoms with Gasteiger partial charge in [0.25, 0.3) is 0 Å². The average Bonchev–Trinajstić information content (AvgIpc) is 2.31. The van der Waals surface area contributed by atoms with Gasteiger partial charge in [-0.2, -0.15) is 0 Å². The van der Waals surface area contributed by atoms with Crippen LogP contribution in [0.2, 0.25) is 5.02 Å². The topological polar surface area (TPSA) is 60.9 Å². The van der Waals surface area contributed by atoms with E-state index in [2.05, 4.69) is 0 Å². The van der Waals surface area contributed by atoms with Crippen LogP contribution in [0.25, 0.3) is 0 Å². The second-order valence-electron chi connectivity index (χ2n) is 4.25. The van der Waals surface area contributed by atoms with Crippen molar-refractivity contribution in [1.82, 2.24) is 0 Å². The summed E-state index contributed by atoms with van der Waals surface area (Å²) in [7, 11) is 3.34. The van der Waals surface area contributed by atoms with Crippen molar-refractivity contribution >= 4 is 34.9 Å². The molecule has 1 aliphatic heterocycles. The highest BCUT2D eigenvalue weighted by molar-refractivity contribution is 6.31. The fourth-order valence-electron chi connectivity index (χ4n) is 2.13. The number of benzene rings is 1. The van der Waals surface area contributed by atoms with Crippen LogP contribution >= 0.6 is 11.6 Å². The minimum absolute atomic E-state index is 0.227. The summed E-state index contributed by atoms with van der Waals surface area (Å²) in [5.41, 5.74) is 1.49. The van der Waals surface area contributed by atoms with E-state index in [1.54, 1.807) is 37.2 Å². The van der Waals surface area contributed by atoms with Crippen molar-refractivity contribution in [3.05, 3.63) is 23.2 Å². The van der Waals surface area contributed by atoms with Gasteiger partial charge < -0.3 is 14.9 Å². The van der Waals surface area contributed by atoms with E-state index in [1.165, 1.54) is 4.90 Å². The number of aliphatic carboxylic acids is 1. The molecule has 1 aromatic rings. The zero-order valence-electron chi connectivity index (χ0n) is 10.1. The fraction of sp³-hybridized carbons (Fsp3) is 0.333. The molecule has 0 spiro atoms. The Labute approximate surface area is 110 Å². The van der Waals surface area contributed by atoms with Gasteiger partial charge in [-0.05, 0) is 18.2 Å². The summed E-state index contributed by atoms with van der Waals surface area (Å²) in [4.78, 5) is 26.1. The van der Waals surface area contributed by atoms with E-state index in [0.717, 1.165) is 11.4 Å². The number of nitrogens with zero attached hydrogens (tertiary/aromatic N) is 2. The zero-order chi connectivity index (χ0) is 13.4. The summed E-state index contributed by atoms with van der Waals surface area (Å²) in [6.45, 7) is 0. The number of rotatable bonds is 2. The first-order valence-electron chi connectivity index (χ1n) is 5.43. The van der Waals surface area contributed by atoms with Crippen LogP contribution in [0.5, 0.6) is 0 Å². The molecule has 0 saturated heterocycles. The van der Waals surface area contributed by atoms with E-state index in [4.69, 9.17) is 16.7 Å². The number of anilines is 2. The molecule has 6 heteroatoms. The molecule has 1 amide bonds. The first-order valence-corrected chi connectivity index (χ1v) is 5.81. The van der Waals surface area contributed by atoms with Gasteiger partial charge in [-0.25, -0.2) is 0 Å². The highest BCUT2D eigenvalue weighted by atomic mass is 35.5. The van der Waals surface area contributed by atoms with Crippen LogP contribution < -0.4 is 9.80 Å². The smallest absolute Gasteiger partial charge is 0.305 e. The largest absolute Gasteiger partial charge is 0.481 e. The molecule has 5 nitrogen and oxygen atoms in total. The van der Waals surface area contributed by atoms with E-state index in [-0.39, 0.29) is 12.3 Å². The summed E-state index contributed by atoms with van der Waals surface area (Å²) >= 11 is 5.93. The molecule has 0 saturated carbocycles. The van der Waals surface area contributed by atoms with Crippen molar-refractivity contribution in [3.63, 3.8) is 0 Å². The minimum Gasteiger partial charge on any atom is -0.481 e. The molecule has 0 fully saturated rings. The maximum absolute atomic E-state index is 12.1. The van der Waals surface area contributed by atoms with Crippen molar-refractivity contribution in [2.75, 3.05) is 23.9 Å². The summed E-state index contributed by atoms with van der Waals surface area (Å²) in [6.07, 6.45) is -0.231. The van der Waals surface area contributed by atoms with Crippen molar-refractivity contribution < 1.29 is 14.7 Å². The molecule has 1 unspecified atom stereocenters. The SMILES string of the molecule is CN1C(=O)C(CC(=O)O)N(C)c2cc(Cl)ccc21. The van der Waals surface area contributed by atoms with Crippen molar-refractivity contribution in [2.45, 2.75) is 12.5 Å². The van der Waals surface area contributed by atoms with Crippen LogP contribution in [0.3, 0.4) is 0 Å². The van der Waals surface area contributed by atoms with Gasteiger partial charge >= 0.3 is 5.97 Å². The number of hydrogen-bond acceptors (Lipinski definition) is 3. The van der Waals surface area contributed by atoms with Crippen LogP contribution in [-0.2, 0) is 9.59 Å². The first-order chi connectivity index (χ1) is 8.41. The Morgan fingerprint density at radius 2 is 2.06 bits per heavy atom. The number of hydrogen-bond donors (Lipinski definition) is 1. The van der Waals surface area contributed by atoms with E-state index in [9.17, 15) is 9.59 Å². The second-order valence-corrected chi connectivity index (χ2v) is 4.69. The molecule has 18 heavy (non-hydrogen) atoms. The summed E-state index contributed by atoms with van der Waals surface area (Å²) in [5, 5.41) is 9.42. The number of carboxylic acids is 1. The quantitative estimate of drug-likeness (QED) is 0.885. The van der Waals surface area contributed by atoms with E-state index in [0.29, 0.717) is 5.02 Å². The summed E-state index contributed by atoms with van der Waals surface area (Å²) in [6, 6.07) is 4.49. The summed E-state index contributed by atoms with van der Waals surface area (Å²) < 4.78 is 0. The lowest BCUT2D eigenvalue weighted by Gasteiger charge is -2.39. The Hall–Kier alpha value is -1.75. The van der Waals surface area contributed by atoms with Crippen LogP contribution in [0.15, 0.2) is 18.2 Å². The van der Waals surface area contributed by atoms with Gasteiger partial charge in [0.15, 0.2) is 0 Å². The molecule has 1 aliphatic rings. The van der Waals surface area contributed by atoms with Gasteiger partial charge in [-0.3, -0.25) is 9.59 Å². The third-order valence-corrected chi connectivity index (χ3v) is 3.37. The van der Waals surface area contributed by atoms with Crippen LogP contribution in [0.1, 0.15) is 6.42 Å². The van der Waals surface area contributed by atoms with Gasteiger partial charge in [0.1, 0.15) is 6.04 Å². The van der Waals surface area contributed by atoms with E-state index in [1.807, 2.05) is 0 Å². The highest BCUT2D eigenvalue weighted by Crippen LogP contribution is 2.36. The normalized spacial score (nSPS) is 18.8. The lowest BCUT2D eigenvalue weighted by molar-refractivity contribution is -0.139. The number of fused-ring (bicyclic) bond motifs is 1. The first kappa shape index (κ1) is 12.7. The molecule has 1 N–H and O–H groups in total. The van der Waals surface area contributed by atoms with Crippen LogP contribution in [0, 0.1) is 0 Å². The molecule has 0 radical (unpaired) electrons. The molecule has 1 heterocycles. The fourth-order valence-corrected chi connectivity index (χ4v) is 2.29. The molecular weight excluding hydrogens is 256 g/mol. The molecule has 0 bridgehead atoms. The Kier molecular flexibility index (Phi) is 3.17. The predicted octanol–water partition coefficient (Wildman–Crippen LogP) is 1.60. The molecular formula is C12H13ClN2O3. The maximum atomic E-state index is 12.1. The Balaban J connectivity index is 2.47. The third-order valence-electron chi connectivity index (χ3n) is 3.13. The Morgan fingerprint density at radius 3 is 2.67 bits per heavy atom. The van der Waals surface area contributed by atoms with Crippen molar-refractivity contribution in [3.8, 4) is 0 Å². The van der Waals surface area contributed by atoms with Gasteiger partial charge in [-0.15, -0.1) is 0 Å². The third kappa shape index (κ3) is 2.01. The van der Waals surface area contributed by atoms with Gasteiger partial charge in [0.2, 0.25) is 5.91 Å². The number of amides is 1. The van der Waals surface area contributed by atoms with E-state index >= 15 is 0 Å². The minimum atomic E-state index is -1.00. The lowest BCUT2D eigenvalue weighted by atomic mass is 10.0. The zero-order valence-corrected chi connectivity index (χ0v) is 10.8. The van der Waals surface area contributed by atoms with Gasteiger partial charge in [0.05, 0.1) is 17.8 Å². The summed E-state index contributed by atoms with van der Waals surface area (Å²) in [5.74, 6) is -1.23.